The molecule has 78 valence electrons. The van der Waals surface area contributed by atoms with Crippen LogP contribution in [0.4, 0.5) is 0 Å². The fourth-order valence-corrected chi connectivity index (χ4v) is 1.19. The van der Waals surface area contributed by atoms with E-state index in [9.17, 15) is 15.3 Å². The van der Waals surface area contributed by atoms with E-state index in [1.54, 1.807) is 6.92 Å². The van der Waals surface area contributed by atoms with Crippen LogP contribution in [0.2, 0.25) is 0 Å². The van der Waals surface area contributed by atoms with E-state index in [0.717, 1.165) is 0 Å². The lowest BCUT2D eigenvalue weighted by atomic mass is 10.0. The Kier molecular flexibility index (Phi) is 3.60. The normalized spacial score (nSPS) is 46.4. The first-order chi connectivity index (χ1) is 6.07. The van der Waals surface area contributed by atoms with E-state index in [4.69, 9.17) is 4.74 Å². The molecule has 0 aromatic carbocycles. The van der Waals surface area contributed by atoms with Crippen molar-refractivity contribution in [1.82, 2.24) is 0 Å². The third-order valence-electron chi connectivity index (χ3n) is 2.00. The van der Waals surface area contributed by atoms with E-state index in [2.05, 4.69) is 9.78 Å². The van der Waals surface area contributed by atoms with Crippen LogP contribution in [0.25, 0.3) is 0 Å². The summed E-state index contributed by atoms with van der Waals surface area (Å²) in [6, 6.07) is 0. The van der Waals surface area contributed by atoms with Gasteiger partial charge < -0.3 is 20.1 Å². The highest BCUT2D eigenvalue weighted by Crippen LogP contribution is 2.21. The fraction of sp³-hybridized carbons (Fsp3) is 1.00. The average molecular weight is 194 g/mol. The van der Waals surface area contributed by atoms with Crippen LogP contribution in [0.3, 0.4) is 0 Å². The van der Waals surface area contributed by atoms with Crippen molar-refractivity contribution in [2.24, 2.45) is 0 Å². The molecule has 0 bridgehead atoms. The first-order valence-electron chi connectivity index (χ1n) is 3.97. The van der Waals surface area contributed by atoms with Crippen molar-refractivity contribution in [2.75, 3.05) is 7.11 Å². The Morgan fingerprint density at radius 2 is 1.69 bits per heavy atom. The molecule has 1 fully saturated rings. The molecule has 1 heterocycles. The second-order valence-electron chi connectivity index (χ2n) is 2.94. The zero-order valence-electron chi connectivity index (χ0n) is 7.45. The predicted molar refractivity (Wildman–Crippen MR) is 40.4 cm³/mol. The largest absolute Gasteiger partial charge is 0.388 e. The number of hydrogen-bond donors (Lipinski definition) is 3. The summed E-state index contributed by atoms with van der Waals surface area (Å²) in [7, 11) is 1.26. The van der Waals surface area contributed by atoms with Crippen molar-refractivity contribution in [1.29, 1.82) is 0 Å². The smallest absolute Gasteiger partial charge is 0.220 e. The highest BCUT2D eigenvalue weighted by Gasteiger charge is 2.42. The molecule has 0 saturated carbocycles. The molecule has 1 aliphatic rings. The van der Waals surface area contributed by atoms with Gasteiger partial charge in [0, 0.05) is 0 Å². The monoisotopic (exact) mass is 194 g/mol. The van der Waals surface area contributed by atoms with Crippen molar-refractivity contribution < 1.29 is 29.8 Å². The summed E-state index contributed by atoms with van der Waals surface area (Å²) in [5.41, 5.74) is 0. The maximum atomic E-state index is 9.32. The molecule has 0 amide bonds. The molecule has 0 spiro atoms. The van der Waals surface area contributed by atoms with E-state index in [-0.39, 0.29) is 0 Å². The van der Waals surface area contributed by atoms with Gasteiger partial charge >= 0.3 is 0 Å². The third-order valence-corrected chi connectivity index (χ3v) is 2.00. The van der Waals surface area contributed by atoms with Crippen LogP contribution in [0.15, 0.2) is 0 Å². The van der Waals surface area contributed by atoms with Crippen LogP contribution < -0.4 is 0 Å². The quantitative estimate of drug-likeness (QED) is 0.362. The molecule has 1 rings (SSSR count). The molecule has 6 heteroatoms. The zero-order chi connectivity index (χ0) is 10.0. The molecule has 1 unspecified atom stereocenters. The average Bonchev–Trinajstić information content (AvgIpc) is 2.11. The van der Waals surface area contributed by atoms with Crippen LogP contribution in [0, 0.1) is 0 Å². The number of aliphatic hydroxyl groups is 3. The summed E-state index contributed by atoms with van der Waals surface area (Å²) in [6.45, 7) is 1.56. The first-order valence-corrected chi connectivity index (χ1v) is 3.97. The minimum absolute atomic E-state index is 0.612. The molecular weight excluding hydrogens is 180 g/mol. The van der Waals surface area contributed by atoms with Gasteiger partial charge in [0.2, 0.25) is 6.29 Å². The molecule has 1 aliphatic heterocycles. The molecule has 5 atom stereocenters. The van der Waals surface area contributed by atoms with Crippen LogP contribution in [-0.4, -0.2) is 53.1 Å². The maximum absolute atomic E-state index is 9.32. The Hall–Kier alpha value is -0.240. The highest BCUT2D eigenvalue weighted by atomic mass is 17.2. The van der Waals surface area contributed by atoms with E-state index < -0.39 is 30.7 Å². The molecule has 1 saturated heterocycles. The van der Waals surface area contributed by atoms with Crippen molar-refractivity contribution in [3.8, 4) is 0 Å². The number of rotatable bonds is 2. The van der Waals surface area contributed by atoms with Crippen molar-refractivity contribution >= 4 is 0 Å². The molecule has 0 aromatic rings. The minimum atomic E-state index is -1.31. The second-order valence-corrected chi connectivity index (χ2v) is 2.94. The lowest BCUT2D eigenvalue weighted by Crippen LogP contribution is -2.57. The van der Waals surface area contributed by atoms with Gasteiger partial charge in [-0.05, 0) is 6.92 Å². The van der Waals surface area contributed by atoms with Gasteiger partial charge in [0.1, 0.15) is 18.3 Å². The van der Waals surface area contributed by atoms with Crippen molar-refractivity contribution in [3.63, 3.8) is 0 Å². The highest BCUT2D eigenvalue weighted by molar-refractivity contribution is 4.86. The predicted octanol–water partition coefficient (Wildman–Crippen LogP) is -1.61. The van der Waals surface area contributed by atoms with Crippen LogP contribution in [0.5, 0.6) is 0 Å². The van der Waals surface area contributed by atoms with Gasteiger partial charge in [-0.1, -0.05) is 0 Å². The molecule has 13 heavy (non-hydrogen) atoms. The fourth-order valence-electron chi connectivity index (χ4n) is 1.19. The standard InChI is InChI=1S/C7H14O6/c1-3-4(8)5(9)6(10)7(12-3)13-11-2/h3-10H,1-2H3/t3-,4+,5+,6-,7?/m1/s1. The van der Waals surface area contributed by atoms with Gasteiger partial charge in [0.25, 0.3) is 0 Å². The van der Waals surface area contributed by atoms with Gasteiger partial charge in [-0.15, -0.1) is 0 Å². The van der Waals surface area contributed by atoms with Crippen LogP contribution >= 0.6 is 0 Å². The molecular formula is C7H14O6. The molecule has 0 radical (unpaired) electrons. The van der Waals surface area contributed by atoms with E-state index >= 15 is 0 Å². The topological polar surface area (TPSA) is 88.4 Å². The Labute approximate surface area is 75.6 Å². The van der Waals surface area contributed by atoms with Crippen LogP contribution in [-0.2, 0) is 14.5 Å². The van der Waals surface area contributed by atoms with E-state index in [1.807, 2.05) is 0 Å². The summed E-state index contributed by atoms with van der Waals surface area (Å²) < 4.78 is 5.01. The van der Waals surface area contributed by atoms with E-state index in [0.29, 0.717) is 0 Å². The first kappa shape index (κ1) is 10.8. The Balaban J connectivity index is 2.59. The summed E-state index contributed by atoms with van der Waals surface area (Å²) in [4.78, 5) is 8.85. The summed E-state index contributed by atoms with van der Waals surface area (Å²) in [5, 5.41) is 27.9. The van der Waals surface area contributed by atoms with E-state index in [1.165, 1.54) is 7.11 Å². The lowest BCUT2D eigenvalue weighted by Gasteiger charge is -2.37. The van der Waals surface area contributed by atoms with Crippen molar-refractivity contribution in [2.45, 2.75) is 37.6 Å². The van der Waals surface area contributed by atoms with Crippen LogP contribution in [0.1, 0.15) is 6.92 Å². The van der Waals surface area contributed by atoms with Crippen molar-refractivity contribution in [3.05, 3.63) is 0 Å². The number of aliphatic hydroxyl groups excluding tert-OH is 3. The Morgan fingerprint density at radius 3 is 2.23 bits per heavy atom. The summed E-state index contributed by atoms with van der Waals surface area (Å²) >= 11 is 0. The van der Waals surface area contributed by atoms with Gasteiger partial charge in [-0.2, -0.15) is 0 Å². The van der Waals surface area contributed by atoms with Gasteiger partial charge in [0.05, 0.1) is 13.2 Å². The maximum Gasteiger partial charge on any atom is 0.220 e. The molecule has 6 nitrogen and oxygen atoms in total. The third kappa shape index (κ3) is 2.16. The SMILES string of the molecule is COOC1O[C@H](C)[C@H](O)[C@H](O)[C@H]1O. The van der Waals surface area contributed by atoms with Gasteiger partial charge in [-0.3, -0.25) is 0 Å². The zero-order valence-corrected chi connectivity index (χ0v) is 7.45. The Bertz CT molecular complexity index is 163. The number of hydrogen-bond acceptors (Lipinski definition) is 6. The minimum Gasteiger partial charge on any atom is -0.388 e. The second kappa shape index (κ2) is 4.32. The summed E-state index contributed by atoms with van der Waals surface area (Å²) in [6.07, 6.45) is -5.40. The van der Waals surface area contributed by atoms with Gasteiger partial charge in [0.15, 0.2) is 0 Å². The Morgan fingerprint density at radius 1 is 1.08 bits per heavy atom. The molecule has 3 N–H and O–H groups in total. The lowest BCUT2D eigenvalue weighted by molar-refractivity contribution is -0.413. The number of ether oxygens (including phenoxy) is 1. The molecule has 0 aromatic heterocycles. The van der Waals surface area contributed by atoms with Gasteiger partial charge in [-0.25, -0.2) is 9.78 Å². The molecule has 0 aliphatic carbocycles. The summed E-state index contributed by atoms with van der Waals surface area (Å²) in [5.74, 6) is 0.